The van der Waals surface area contributed by atoms with Gasteiger partial charge in [0, 0.05) is 25.7 Å². The smallest absolute Gasteiger partial charge is 0.242 e. The number of carbonyl (C=O) groups excluding carboxylic acids is 2. The summed E-state index contributed by atoms with van der Waals surface area (Å²) in [7, 11) is 0. The average Bonchev–Trinajstić information content (AvgIpc) is 2.35. The first kappa shape index (κ1) is 13.3. The van der Waals surface area contributed by atoms with E-state index < -0.39 is 0 Å². The number of amides is 2. The molecule has 2 atom stereocenters. The zero-order chi connectivity index (χ0) is 13.1. The van der Waals surface area contributed by atoms with E-state index in [-0.39, 0.29) is 18.4 Å². The summed E-state index contributed by atoms with van der Waals surface area (Å²) in [5, 5.41) is 3.02. The molecule has 5 nitrogen and oxygen atoms in total. The van der Waals surface area contributed by atoms with Gasteiger partial charge in [-0.1, -0.05) is 6.92 Å². The van der Waals surface area contributed by atoms with Crippen molar-refractivity contribution in [2.24, 2.45) is 5.92 Å². The predicted octanol–water partition coefficient (Wildman–Crippen LogP) is 0.0652. The molecule has 0 unspecified atom stereocenters. The summed E-state index contributed by atoms with van der Waals surface area (Å²) in [4.78, 5) is 27.5. The molecule has 18 heavy (non-hydrogen) atoms. The number of nitrogens with zero attached hydrogens (tertiary/aromatic N) is 2. The van der Waals surface area contributed by atoms with Crippen molar-refractivity contribution in [1.29, 1.82) is 0 Å². The Hall–Kier alpha value is -1.10. The highest BCUT2D eigenvalue weighted by Gasteiger charge is 2.30. The lowest BCUT2D eigenvalue weighted by Crippen LogP contribution is -2.54. The standard InChI is InChI=1S/C13H23N3O2/c1-10-4-3-6-16(11(10)2)13(18)9-15-7-5-14-8-12(15)17/h10-11,14H,3-9H2,1-2H3/t10-,11+/m0/s1. The van der Waals surface area contributed by atoms with Crippen molar-refractivity contribution in [3.63, 3.8) is 0 Å². The largest absolute Gasteiger partial charge is 0.338 e. The average molecular weight is 253 g/mol. The number of nitrogens with one attached hydrogen (secondary N) is 1. The molecular weight excluding hydrogens is 230 g/mol. The quantitative estimate of drug-likeness (QED) is 0.757. The third kappa shape index (κ3) is 2.83. The van der Waals surface area contributed by atoms with Crippen LogP contribution < -0.4 is 5.32 Å². The first-order chi connectivity index (χ1) is 8.59. The number of hydrogen-bond donors (Lipinski definition) is 1. The Morgan fingerprint density at radius 2 is 2.17 bits per heavy atom. The Kier molecular flexibility index (Phi) is 4.22. The fourth-order valence-electron chi connectivity index (χ4n) is 2.75. The monoisotopic (exact) mass is 253 g/mol. The SMILES string of the molecule is C[C@@H]1[C@@H](C)CCCN1C(=O)CN1CCNCC1=O. The molecule has 2 aliphatic heterocycles. The van der Waals surface area contributed by atoms with E-state index in [0.29, 0.717) is 25.0 Å². The highest BCUT2D eigenvalue weighted by Crippen LogP contribution is 2.22. The first-order valence-electron chi connectivity index (χ1n) is 6.87. The minimum Gasteiger partial charge on any atom is -0.338 e. The van der Waals surface area contributed by atoms with E-state index in [9.17, 15) is 9.59 Å². The summed E-state index contributed by atoms with van der Waals surface area (Å²) in [6.45, 7) is 7.18. The molecule has 0 spiro atoms. The summed E-state index contributed by atoms with van der Waals surface area (Å²) in [5.74, 6) is 0.693. The molecule has 0 bridgehead atoms. The Morgan fingerprint density at radius 3 is 2.89 bits per heavy atom. The van der Waals surface area contributed by atoms with Crippen LogP contribution in [0.4, 0.5) is 0 Å². The van der Waals surface area contributed by atoms with E-state index in [4.69, 9.17) is 0 Å². The number of hydrogen-bond acceptors (Lipinski definition) is 3. The molecule has 0 saturated carbocycles. The molecule has 5 heteroatoms. The van der Waals surface area contributed by atoms with Crippen molar-refractivity contribution in [2.75, 3.05) is 32.7 Å². The molecule has 2 aliphatic rings. The van der Waals surface area contributed by atoms with Crippen LogP contribution in [0, 0.1) is 5.92 Å². The van der Waals surface area contributed by atoms with Gasteiger partial charge in [-0.25, -0.2) is 0 Å². The zero-order valence-corrected chi connectivity index (χ0v) is 11.3. The zero-order valence-electron chi connectivity index (χ0n) is 11.3. The van der Waals surface area contributed by atoms with E-state index in [0.717, 1.165) is 19.5 Å². The highest BCUT2D eigenvalue weighted by molar-refractivity contribution is 5.86. The van der Waals surface area contributed by atoms with Crippen molar-refractivity contribution < 1.29 is 9.59 Å². The van der Waals surface area contributed by atoms with Crippen LogP contribution >= 0.6 is 0 Å². The molecule has 0 aliphatic carbocycles. The predicted molar refractivity (Wildman–Crippen MR) is 69.0 cm³/mol. The van der Waals surface area contributed by atoms with Crippen LogP contribution in [0.15, 0.2) is 0 Å². The number of rotatable bonds is 2. The lowest BCUT2D eigenvalue weighted by atomic mass is 9.92. The molecular formula is C13H23N3O2. The molecule has 0 aromatic carbocycles. The van der Waals surface area contributed by atoms with E-state index in [1.54, 1.807) is 4.90 Å². The van der Waals surface area contributed by atoms with Gasteiger partial charge >= 0.3 is 0 Å². The van der Waals surface area contributed by atoms with Gasteiger partial charge in [-0.15, -0.1) is 0 Å². The lowest BCUT2D eigenvalue weighted by molar-refractivity contribution is -0.143. The van der Waals surface area contributed by atoms with Crippen molar-refractivity contribution in [1.82, 2.24) is 15.1 Å². The maximum Gasteiger partial charge on any atom is 0.242 e. The third-order valence-corrected chi connectivity index (χ3v) is 4.21. The number of piperazine rings is 1. The fourth-order valence-corrected chi connectivity index (χ4v) is 2.75. The van der Waals surface area contributed by atoms with Gasteiger partial charge < -0.3 is 15.1 Å². The van der Waals surface area contributed by atoms with Crippen molar-refractivity contribution in [2.45, 2.75) is 32.7 Å². The van der Waals surface area contributed by atoms with Crippen LogP contribution in [0.1, 0.15) is 26.7 Å². The van der Waals surface area contributed by atoms with E-state index in [1.165, 1.54) is 6.42 Å². The molecule has 2 amide bonds. The van der Waals surface area contributed by atoms with Crippen LogP contribution in [0.25, 0.3) is 0 Å². The molecule has 2 saturated heterocycles. The van der Waals surface area contributed by atoms with E-state index in [1.807, 2.05) is 4.90 Å². The van der Waals surface area contributed by atoms with Crippen LogP contribution in [-0.4, -0.2) is 60.4 Å². The Bertz CT molecular complexity index is 332. The summed E-state index contributed by atoms with van der Waals surface area (Å²) in [5.41, 5.74) is 0. The molecule has 102 valence electrons. The highest BCUT2D eigenvalue weighted by atomic mass is 16.2. The molecule has 0 radical (unpaired) electrons. The summed E-state index contributed by atoms with van der Waals surface area (Å²) in [6, 6.07) is 0.296. The summed E-state index contributed by atoms with van der Waals surface area (Å²) >= 11 is 0. The minimum absolute atomic E-state index is 0.0345. The van der Waals surface area contributed by atoms with E-state index >= 15 is 0 Å². The van der Waals surface area contributed by atoms with Crippen molar-refractivity contribution in [3.8, 4) is 0 Å². The van der Waals surface area contributed by atoms with Gasteiger partial charge in [0.15, 0.2) is 0 Å². The summed E-state index contributed by atoms with van der Waals surface area (Å²) in [6.07, 6.45) is 2.27. The maximum atomic E-state index is 12.3. The fraction of sp³-hybridized carbons (Fsp3) is 0.846. The molecule has 0 aromatic rings. The van der Waals surface area contributed by atoms with Crippen LogP contribution in [0.2, 0.25) is 0 Å². The molecule has 1 N–H and O–H groups in total. The second-order valence-corrected chi connectivity index (χ2v) is 5.44. The van der Waals surface area contributed by atoms with Gasteiger partial charge in [-0.3, -0.25) is 9.59 Å². The molecule has 2 rings (SSSR count). The van der Waals surface area contributed by atoms with Crippen LogP contribution in [0.3, 0.4) is 0 Å². The molecule has 0 aromatic heterocycles. The molecule has 2 fully saturated rings. The number of likely N-dealkylation sites (tertiary alicyclic amines) is 1. The lowest BCUT2D eigenvalue weighted by Gasteiger charge is -2.39. The Morgan fingerprint density at radius 1 is 1.39 bits per heavy atom. The van der Waals surface area contributed by atoms with Gasteiger partial charge in [0.25, 0.3) is 0 Å². The second kappa shape index (κ2) is 5.69. The minimum atomic E-state index is 0.0345. The molecule has 2 heterocycles. The van der Waals surface area contributed by atoms with Gasteiger partial charge in [0.2, 0.25) is 11.8 Å². The van der Waals surface area contributed by atoms with Gasteiger partial charge in [-0.05, 0) is 25.7 Å². The topological polar surface area (TPSA) is 52.7 Å². The van der Waals surface area contributed by atoms with Crippen molar-refractivity contribution in [3.05, 3.63) is 0 Å². The number of carbonyl (C=O) groups is 2. The Balaban J connectivity index is 1.92. The van der Waals surface area contributed by atoms with Crippen LogP contribution in [0.5, 0.6) is 0 Å². The number of piperidine rings is 1. The normalized spacial score (nSPS) is 29.6. The first-order valence-corrected chi connectivity index (χ1v) is 6.87. The maximum absolute atomic E-state index is 12.3. The third-order valence-electron chi connectivity index (χ3n) is 4.21. The Labute approximate surface area is 108 Å². The van der Waals surface area contributed by atoms with Crippen LogP contribution in [-0.2, 0) is 9.59 Å². The van der Waals surface area contributed by atoms with Crippen molar-refractivity contribution >= 4 is 11.8 Å². The summed E-state index contributed by atoms with van der Waals surface area (Å²) < 4.78 is 0. The van der Waals surface area contributed by atoms with E-state index in [2.05, 4.69) is 19.2 Å². The van der Waals surface area contributed by atoms with Gasteiger partial charge in [0.1, 0.15) is 0 Å². The van der Waals surface area contributed by atoms with Gasteiger partial charge in [0.05, 0.1) is 13.1 Å². The second-order valence-electron chi connectivity index (χ2n) is 5.44. The van der Waals surface area contributed by atoms with Gasteiger partial charge in [-0.2, -0.15) is 0 Å².